The van der Waals surface area contributed by atoms with Gasteiger partial charge in [-0.05, 0) is 55.4 Å². The van der Waals surface area contributed by atoms with Gasteiger partial charge in [0.15, 0.2) is 0 Å². The molecule has 0 unspecified atom stereocenters. The number of anilines is 1. The smallest absolute Gasteiger partial charge is 0.255 e. The second-order valence-electron chi connectivity index (χ2n) is 6.74. The molecule has 1 heterocycles. The molecule has 0 atom stereocenters. The lowest BCUT2D eigenvalue weighted by molar-refractivity contribution is 0.102. The molecule has 3 rings (SSSR count). The number of likely N-dealkylation sites (N-methyl/N-ethyl adjacent to an activating group) is 1. The largest absolute Gasteiger partial charge is 0.322 e. The molecule has 7 heteroatoms. The van der Waals surface area contributed by atoms with Crippen molar-refractivity contribution in [3.63, 3.8) is 0 Å². The van der Waals surface area contributed by atoms with Crippen molar-refractivity contribution in [3.05, 3.63) is 59.7 Å². The summed E-state index contributed by atoms with van der Waals surface area (Å²) < 4.78 is 27.0. The van der Waals surface area contributed by atoms with Crippen molar-refractivity contribution in [2.45, 2.75) is 18.2 Å². The van der Waals surface area contributed by atoms with Crippen molar-refractivity contribution in [3.8, 4) is 0 Å². The van der Waals surface area contributed by atoms with Gasteiger partial charge in [-0.2, -0.15) is 4.31 Å². The fraction of sp³-hybridized carbons (Fsp3) is 0.350. The zero-order valence-electron chi connectivity index (χ0n) is 15.7. The molecule has 1 saturated heterocycles. The third-order valence-electron chi connectivity index (χ3n) is 4.84. The molecule has 2 aromatic carbocycles. The number of benzene rings is 2. The minimum absolute atomic E-state index is 0.218. The van der Waals surface area contributed by atoms with Crippen molar-refractivity contribution < 1.29 is 13.2 Å². The van der Waals surface area contributed by atoms with Gasteiger partial charge in [-0.25, -0.2) is 8.42 Å². The Morgan fingerprint density at radius 2 is 1.56 bits per heavy atom. The van der Waals surface area contributed by atoms with E-state index in [2.05, 4.69) is 17.1 Å². The molecule has 1 amide bonds. The van der Waals surface area contributed by atoms with Gasteiger partial charge in [0.1, 0.15) is 0 Å². The molecule has 144 valence electrons. The van der Waals surface area contributed by atoms with Gasteiger partial charge in [0.2, 0.25) is 10.0 Å². The van der Waals surface area contributed by atoms with Crippen LogP contribution in [0.15, 0.2) is 53.4 Å². The fourth-order valence-corrected chi connectivity index (χ4v) is 4.41. The number of piperazine rings is 1. The van der Waals surface area contributed by atoms with Crippen LogP contribution in [0.1, 0.15) is 22.8 Å². The number of amides is 1. The molecular weight excluding hydrogens is 362 g/mol. The third-order valence-corrected chi connectivity index (χ3v) is 6.75. The van der Waals surface area contributed by atoms with Gasteiger partial charge in [-0.1, -0.05) is 19.1 Å². The maximum atomic E-state index is 12.7. The summed E-state index contributed by atoms with van der Waals surface area (Å²) in [6, 6.07) is 13.8. The number of carbonyl (C=O) groups is 1. The second kappa shape index (κ2) is 8.21. The Labute approximate surface area is 160 Å². The maximum absolute atomic E-state index is 12.7. The first-order valence-electron chi connectivity index (χ1n) is 9.09. The first-order valence-corrected chi connectivity index (χ1v) is 10.5. The lowest BCUT2D eigenvalue weighted by Gasteiger charge is -2.31. The molecule has 1 aliphatic heterocycles. The Morgan fingerprint density at radius 3 is 2.11 bits per heavy atom. The van der Waals surface area contributed by atoms with Crippen LogP contribution in [-0.2, 0) is 16.4 Å². The molecule has 0 bridgehead atoms. The average molecular weight is 388 g/mol. The van der Waals surface area contributed by atoms with Crippen LogP contribution in [0.2, 0.25) is 0 Å². The molecule has 0 radical (unpaired) electrons. The Hall–Kier alpha value is -2.22. The summed E-state index contributed by atoms with van der Waals surface area (Å²) in [5.74, 6) is -0.261. The van der Waals surface area contributed by atoms with Crippen LogP contribution in [0.3, 0.4) is 0 Å². The number of hydrogen-bond acceptors (Lipinski definition) is 4. The Bertz CT molecular complexity index is 885. The molecule has 1 fully saturated rings. The highest BCUT2D eigenvalue weighted by Gasteiger charge is 2.27. The standard InChI is InChI=1S/C20H25N3O3S/c1-3-16-4-8-18(9-5-16)21-20(24)17-6-10-19(11-7-17)27(25,26)23-14-12-22(2)13-15-23/h4-11H,3,12-15H2,1-2H3,(H,21,24). The van der Waals surface area contributed by atoms with Crippen LogP contribution in [0, 0.1) is 0 Å². The quantitative estimate of drug-likeness (QED) is 0.856. The molecule has 6 nitrogen and oxygen atoms in total. The van der Waals surface area contributed by atoms with Gasteiger partial charge in [0.05, 0.1) is 4.90 Å². The summed E-state index contributed by atoms with van der Waals surface area (Å²) >= 11 is 0. The molecule has 27 heavy (non-hydrogen) atoms. The third kappa shape index (κ3) is 4.55. The molecule has 2 aromatic rings. The van der Waals surface area contributed by atoms with Crippen LogP contribution in [0.5, 0.6) is 0 Å². The van der Waals surface area contributed by atoms with Crippen molar-refractivity contribution in [1.29, 1.82) is 0 Å². The normalized spacial score (nSPS) is 16.2. The van der Waals surface area contributed by atoms with Crippen LogP contribution in [0.4, 0.5) is 5.69 Å². The van der Waals surface area contributed by atoms with Gasteiger partial charge in [-0.15, -0.1) is 0 Å². The maximum Gasteiger partial charge on any atom is 0.255 e. The van der Waals surface area contributed by atoms with Crippen LogP contribution in [0.25, 0.3) is 0 Å². The van der Waals surface area contributed by atoms with Gasteiger partial charge >= 0.3 is 0 Å². The van der Waals surface area contributed by atoms with Crippen molar-refractivity contribution in [2.75, 3.05) is 38.5 Å². The van der Waals surface area contributed by atoms with E-state index in [1.165, 1.54) is 22.0 Å². The van der Waals surface area contributed by atoms with E-state index >= 15 is 0 Å². The minimum atomic E-state index is -3.52. The monoisotopic (exact) mass is 387 g/mol. The van der Waals surface area contributed by atoms with Gasteiger partial charge < -0.3 is 10.2 Å². The van der Waals surface area contributed by atoms with Gasteiger partial charge in [0.25, 0.3) is 5.91 Å². The number of nitrogens with zero attached hydrogens (tertiary/aromatic N) is 2. The summed E-state index contributed by atoms with van der Waals surface area (Å²) in [5.41, 5.74) is 2.34. The van der Waals surface area contributed by atoms with Crippen LogP contribution < -0.4 is 5.32 Å². The van der Waals surface area contributed by atoms with E-state index in [9.17, 15) is 13.2 Å². The Balaban J connectivity index is 1.69. The van der Waals surface area contributed by atoms with E-state index in [4.69, 9.17) is 0 Å². The van der Waals surface area contributed by atoms with E-state index < -0.39 is 10.0 Å². The highest BCUT2D eigenvalue weighted by Crippen LogP contribution is 2.19. The molecule has 0 spiro atoms. The lowest BCUT2D eigenvalue weighted by atomic mass is 10.1. The summed E-state index contributed by atoms with van der Waals surface area (Å²) in [6.45, 7) is 4.47. The number of aryl methyl sites for hydroxylation is 1. The number of sulfonamides is 1. The van der Waals surface area contributed by atoms with E-state index in [1.807, 2.05) is 31.3 Å². The van der Waals surface area contributed by atoms with E-state index in [1.54, 1.807) is 12.1 Å². The molecule has 1 aliphatic rings. The number of rotatable bonds is 5. The van der Waals surface area contributed by atoms with E-state index in [-0.39, 0.29) is 10.8 Å². The number of carbonyl (C=O) groups excluding carboxylic acids is 1. The Morgan fingerprint density at radius 1 is 0.963 bits per heavy atom. The SMILES string of the molecule is CCc1ccc(NC(=O)c2ccc(S(=O)(=O)N3CCN(C)CC3)cc2)cc1. The highest BCUT2D eigenvalue weighted by molar-refractivity contribution is 7.89. The predicted molar refractivity (Wildman–Crippen MR) is 106 cm³/mol. The first kappa shape index (κ1) is 19.5. The molecule has 0 aliphatic carbocycles. The molecule has 0 aromatic heterocycles. The second-order valence-corrected chi connectivity index (χ2v) is 8.67. The minimum Gasteiger partial charge on any atom is -0.322 e. The van der Waals surface area contributed by atoms with Crippen molar-refractivity contribution in [1.82, 2.24) is 9.21 Å². The molecule has 1 N–H and O–H groups in total. The summed E-state index contributed by atoms with van der Waals surface area (Å²) in [4.78, 5) is 14.7. The zero-order chi connectivity index (χ0) is 19.4. The predicted octanol–water partition coefficient (Wildman–Crippen LogP) is 2.44. The van der Waals surface area contributed by atoms with Crippen molar-refractivity contribution >= 4 is 21.6 Å². The van der Waals surface area contributed by atoms with E-state index in [0.29, 0.717) is 24.3 Å². The summed E-state index contributed by atoms with van der Waals surface area (Å²) in [5, 5.41) is 2.83. The van der Waals surface area contributed by atoms with Crippen molar-refractivity contribution in [2.24, 2.45) is 0 Å². The number of hydrogen-bond donors (Lipinski definition) is 1. The van der Waals surface area contributed by atoms with Gasteiger partial charge in [0, 0.05) is 37.4 Å². The van der Waals surface area contributed by atoms with E-state index in [0.717, 1.165) is 19.5 Å². The molecular formula is C20H25N3O3S. The summed E-state index contributed by atoms with van der Waals surface area (Å²) in [7, 11) is -1.54. The first-order chi connectivity index (χ1) is 12.9. The van der Waals surface area contributed by atoms with Crippen LogP contribution >= 0.6 is 0 Å². The van der Waals surface area contributed by atoms with Gasteiger partial charge in [-0.3, -0.25) is 4.79 Å². The Kier molecular flexibility index (Phi) is 5.94. The topological polar surface area (TPSA) is 69.7 Å². The zero-order valence-corrected chi connectivity index (χ0v) is 16.5. The lowest BCUT2D eigenvalue weighted by Crippen LogP contribution is -2.47. The average Bonchev–Trinajstić information content (AvgIpc) is 2.69. The fourth-order valence-electron chi connectivity index (χ4n) is 2.98. The van der Waals surface area contributed by atoms with Crippen LogP contribution in [-0.4, -0.2) is 56.8 Å². The molecule has 0 saturated carbocycles. The highest BCUT2D eigenvalue weighted by atomic mass is 32.2. The number of nitrogens with one attached hydrogen (secondary N) is 1. The summed E-state index contributed by atoms with van der Waals surface area (Å²) in [6.07, 6.45) is 0.942.